The van der Waals surface area contributed by atoms with Crippen molar-refractivity contribution in [2.24, 2.45) is 23.2 Å². The summed E-state index contributed by atoms with van der Waals surface area (Å²) in [7, 11) is 0. The van der Waals surface area contributed by atoms with Gasteiger partial charge in [-0.1, -0.05) is 0 Å². The summed E-state index contributed by atoms with van der Waals surface area (Å²) < 4.78 is 0. The Kier molecular flexibility index (Phi) is 3.20. The van der Waals surface area contributed by atoms with Crippen LogP contribution in [0, 0.1) is 23.2 Å². The van der Waals surface area contributed by atoms with E-state index in [0.29, 0.717) is 5.54 Å². The molecule has 0 amide bonds. The van der Waals surface area contributed by atoms with E-state index in [9.17, 15) is 0 Å². The van der Waals surface area contributed by atoms with E-state index in [0.717, 1.165) is 29.7 Å². The maximum absolute atomic E-state index is 3.56. The van der Waals surface area contributed by atoms with Crippen molar-refractivity contribution in [2.75, 3.05) is 26.2 Å². The molecular formula is C18H32N2. The molecule has 5 rings (SSSR count). The van der Waals surface area contributed by atoms with E-state index >= 15 is 0 Å². The monoisotopic (exact) mass is 276 g/mol. The molecule has 0 unspecified atom stereocenters. The van der Waals surface area contributed by atoms with Gasteiger partial charge in [-0.2, -0.15) is 0 Å². The molecule has 2 heteroatoms. The average Bonchev–Trinajstić information content (AvgIpc) is 2.35. The van der Waals surface area contributed by atoms with Crippen molar-refractivity contribution in [2.45, 2.75) is 64.3 Å². The highest BCUT2D eigenvalue weighted by molar-refractivity contribution is 5.02. The fraction of sp³-hybridized carbons (Fsp3) is 1.00. The van der Waals surface area contributed by atoms with E-state index in [4.69, 9.17) is 0 Å². The van der Waals surface area contributed by atoms with Crippen molar-refractivity contribution in [3.05, 3.63) is 0 Å². The highest BCUT2D eigenvalue weighted by Crippen LogP contribution is 2.61. The summed E-state index contributed by atoms with van der Waals surface area (Å²) >= 11 is 0. The van der Waals surface area contributed by atoms with Gasteiger partial charge in [0.2, 0.25) is 0 Å². The molecule has 1 N–H and O–H groups in total. The van der Waals surface area contributed by atoms with E-state index in [-0.39, 0.29) is 0 Å². The third-order valence-corrected chi connectivity index (χ3v) is 7.05. The van der Waals surface area contributed by atoms with Gasteiger partial charge in [0.15, 0.2) is 0 Å². The summed E-state index contributed by atoms with van der Waals surface area (Å²) in [5.41, 5.74) is 1.12. The molecule has 0 spiro atoms. The molecule has 4 saturated carbocycles. The van der Waals surface area contributed by atoms with Crippen molar-refractivity contribution >= 4 is 0 Å². The second-order valence-corrected chi connectivity index (χ2v) is 9.14. The van der Waals surface area contributed by atoms with Gasteiger partial charge in [0.05, 0.1) is 0 Å². The van der Waals surface area contributed by atoms with Gasteiger partial charge < -0.3 is 5.32 Å². The fourth-order valence-electron chi connectivity index (χ4n) is 6.41. The molecule has 20 heavy (non-hydrogen) atoms. The summed E-state index contributed by atoms with van der Waals surface area (Å²) in [4.78, 5) is 2.77. The third kappa shape index (κ3) is 2.33. The van der Waals surface area contributed by atoms with Gasteiger partial charge in [-0.05, 0) is 88.5 Å². The van der Waals surface area contributed by atoms with Crippen molar-refractivity contribution in [1.29, 1.82) is 0 Å². The topological polar surface area (TPSA) is 15.3 Å². The number of hydrogen-bond acceptors (Lipinski definition) is 2. The summed E-state index contributed by atoms with van der Waals surface area (Å²) in [6, 6.07) is 0. The van der Waals surface area contributed by atoms with E-state index in [2.05, 4.69) is 24.1 Å². The standard InChI is InChI=1S/C18H32N2/c1-17(2)13-19-4-6-20(17)5-3-18-10-14-7-15(11-18)9-16(8-14)12-18/h14-16,19H,3-13H2,1-2H3. The zero-order valence-electron chi connectivity index (χ0n) is 13.5. The Hall–Kier alpha value is -0.0800. The molecule has 1 heterocycles. The lowest BCUT2D eigenvalue weighted by atomic mass is 9.49. The molecule has 0 aromatic heterocycles. The number of nitrogens with zero attached hydrogens (tertiary/aromatic N) is 1. The van der Waals surface area contributed by atoms with Crippen molar-refractivity contribution < 1.29 is 0 Å². The van der Waals surface area contributed by atoms with E-state index in [1.807, 2.05) is 0 Å². The van der Waals surface area contributed by atoms with E-state index in [1.54, 1.807) is 38.5 Å². The van der Waals surface area contributed by atoms with Gasteiger partial charge in [0.1, 0.15) is 0 Å². The van der Waals surface area contributed by atoms with Crippen molar-refractivity contribution in [3.63, 3.8) is 0 Å². The quantitative estimate of drug-likeness (QED) is 0.851. The molecule has 2 nitrogen and oxygen atoms in total. The first-order chi connectivity index (χ1) is 9.55. The molecule has 5 aliphatic rings. The Morgan fingerprint density at radius 2 is 1.60 bits per heavy atom. The lowest BCUT2D eigenvalue weighted by Crippen LogP contribution is -2.58. The van der Waals surface area contributed by atoms with Crippen LogP contribution in [0.15, 0.2) is 0 Å². The first kappa shape index (κ1) is 13.6. The second kappa shape index (κ2) is 4.71. The molecule has 1 saturated heterocycles. The molecule has 0 radical (unpaired) electrons. The Morgan fingerprint density at radius 1 is 1.00 bits per heavy atom. The smallest absolute Gasteiger partial charge is 0.0278 e. The van der Waals surface area contributed by atoms with Gasteiger partial charge in [-0.25, -0.2) is 0 Å². The first-order valence-electron chi connectivity index (χ1n) is 9.01. The second-order valence-electron chi connectivity index (χ2n) is 9.14. The molecule has 0 aromatic carbocycles. The van der Waals surface area contributed by atoms with Crippen LogP contribution < -0.4 is 5.32 Å². The number of hydrogen-bond donors (Lipinski definition) is 1. The Balaban J connectivity index is 1.42. The summed E-state index contributed by atoms with van der Waals surface area (Å²) in [5.74, 6) is 3.33. The maximum Gasteiger partial charge on any atom is 0.0278 e. The van der Waals surface area contributed by atoms with Crippen LogP contribution in [0.5, 0.6) is 0 Å². The van der Waals surface area contributed by atoms with Crippen LogP contribution in [0.4, 0.5) is 0 Å². The third-order valence-electron chi connectivity index (χ3n) is 7.05. The zero-order chi connectivity index (χ0) is 13.8. The van der Waals surface area contributed by atoms with Crippen LogP contribution in [0.3, 0.4) is 0 Å². The van der Waals surface area contributed by atoms with Gasteiger partial charge in [-0.3, -0.25) is 4.90 Å². The van der Waals surface area contributed by atoms with Crippen LogP contribution in [0.1, 0.15) is 58.8 Å². The van der Waals surface area contributed by atoms with Gasteiger partial charge in [0.25, 0.3) is 0 Å². The van der Waals surface area contributed by atoms with E-state index in [1.165, 1.54) is 26.1 Å². The highest BCUT2D eigenvalue weighted by atomic mass is 15.2. The fourth-order valence-corrected chi connectivity index (χ4v) is 6.41. The molecule has 114 valence electrons. The lowest BCUT2D eigenvalue weighted by molar-refractivity contribution is -0.0657. The van der Waals surface area contributed by atoms with Crippen LogP contribution in [-0.2, 0) is 0 Å². The van der Waals surface area contributed by atoms with Crippen molar-refractivity contribution in [1.82, 2.24) is 10.2 Å². The molecule has 4 bridgehead atoms. The van der Waals surface area contributed by atoms with Crippen LogP contribution in [0.2, 0.25) is 0 Å². The average molecular weight is 276 g/mol. The van der Waals surface area contributed by atoms with Crippen molar-refractivity contribution in [3.8, 4) is 0 Å². The number of rotatable bonds is 3. The maximum atomic E-state index is 3.56. The minimum atomic E-state index is 0.362. The van der Waals surface area contributed by atoms with Crippen LogP contribution in [-0.4, -0.2) is 36.6 Å². The highest BCUT2D eigenvalue weighted by Gasteiger charge is 2.50. The normalized spacial score (nSPS) is 46.8. The number of piperazine rings is 1. The summed E-state index contributed by atoms with van der Waals surface area (Å²) in [5, 5.41) is 3.56. The zero-order valence-corrected chi connectivity index (χ0v) is 13.5. The van der Waals surface area contributed by atoms with Crippen LogP contribution in [0.25, 0.3) is 0 Å². The van der Waals surface area contributed by atoms with Crippen LogP contribution >= 0.6 is 0 Å². The molecule has 4 aliphatic carbocycles. The Morgan fingerprint density at radius 3 is 2.15 bits per heavy atom. The predicted molar refractivity (Wildman–Crippen MR) is 83.7 cm³/mol. The molecule has 1 aliphatic heterocycles. The van der Waals surface area contributed by atoms with Gasteiger partial charge in [-0.15, -0.1) is 0 Å². The SMILES string of the molecule is CC1(C)CNCCN1CCC12CC3CC(CC(C3)C1)C2. The molecule has 0 aromatic rings. The largest absolute Gasteiger partial charge is 0.314 e. The minimum absolute atomic E-state index is 0.362. The van der Waals surface area contributed by atoms with Gasteiger partial charge in [0, 0.05) is 25.2 Å². The Bertz CT molecular complexity index is 338. The Labute approximate surface area is 124 Å². The first-order valence-corrected chi connectivity index (χ1v) is 9.01. The molecule has 0 atom stereocenters. The summed E-state index contributed by atoms with van der Waals surface area (Å²) in [6.45, 7) is 9.77. The summed E-state index contributed by atoms with van der Waals surface area (Å²) in [6.07, 6.45) is 11.0. The van der Waals surface area contributed by atoms with E-state index < -0.39 is 0 Å². The minimum Gasteiger partial charge on any atom is -0.314 e. The molecular weight excluding hydrogens is 244 g/mol. The molecule has 5 fully saturated rings. The predicted octanol–water partition coefficient (Wildman–Crippen LogP) is 3.28. The number of nitrogens with one attached hydrogen (secondary N) is 1. The lowest BCUT2D eigenvalue weighted by Gasteiger charge is -2.57. The van der Waals surface area contributed by atoms with Gasteiger partial charge >= 0.3 is 0 Å².